The molecule has 0 aliphatic heterocycles. The molecule has 4 heteroatoms. The van der Waals surface area contributed by atoms with E-state index in [0.717, 1.165) is 31.2 Å². The van der Waals surface area contributed by atoms with Crippen molar-refractivity contribution in [1.82, 2.24) is 5.32 Å². The molecule has 96 valence electrons. The molecule has 0 aromatic heterocycles. The van der Waals surface area contributed by atoms with Gasteiger partial charge in [-0.1, -0.05) is 43.3 Å². The Hall–Kier alpha value is -1.42. The molecule has 1 aliphatic rings. The van der Waals surface area contributed by atoms with Crippen molar-refractivity contribution < 1.29 is 4.79 Å². The van der Waals surface area contributed by atoms with Crippen molar-refractivity contribution in [3.8, 4) is 0 Å². The Morgan fingerprint density at radius 3 is 2.50 bits per heavy atom. The minimum atomic E-state index is -0.477. The van der Waals surface area contributed by atoms with Crippen LogP contribution in [0.25, 0.3) is 0 Å². The zero-order valence-electron chi connectivity index (χ0n) is 10.5. The first-order valence-corrected chi connectivity index (χ1v) is 6.64. The number of thiocarbonyl (C=S) groups is 1. The summed E-state index contributed by atoms with van der Waals surface area (Å²) in [5.41, 5.74) is 6.99. The Balaban J connectivity index is 2.21. The van der Waals surface area contributed by atoms with Gasteiger partial charge in [-0.2, -0.15) is 0 Å². The second-order valence-corrected chi connectivity index (χ2v) is 5.36. The van der Waals surface area contributed by atoms with E-state index >= 15 is 0 Å². The minimum absolute atomic E-state index is 0.0807. The SMILES string of the molecule is Cc1ccccc1C(=O)NC1(C(N)=S)CCCC1. The summed E-state index contributed by atoms with van der Waals surface area (Å²) >= 11 is 5.13. The summed E-state index contributed by atoms with van der Waals surface area (Å²) in [6.45, 7) is 1.93. The van der Waals surface area contributed by atoms with Gasteiger partial charge in [-0.3, -0.25) is 4.79 Å². The predicted octanol–water partition coefficient (Wildman–Crippen LogP) is 2.32. The number of nitrogens with two attached hydrogens (primary N) is 1. The molecule has 0 radical (unpaired) electrons. The number of amides is 1. The van der Waals surface area contributed by atoms with Gasteiger partial charge in [-0.05, 0) is 31.4 Å². The Morgan fingerprint density at radius 2 is 1.94 bits per heavy atom. The monoisotopic (exact) mass is 262 g/mol. The lowest BCUT2D eigenvalue weighted by atomic mass is 9.96. The molecule has 1 aromatic carbocycles. The molecule has 0 heterocycles. The summed E-state index contributed by atoms with van der Waals surface area (Å²) in [6, 6.07) is 7.54. The maximum Gasteiger partial charge on any atom is 0.252 e. The van der Waals surface area contributed by atoms with Crippen LogP contribution in [0.2, 0.25) is 0 Å². The fourth-order valence-electron chi connectivity index (χ4n) is 2.52. The lowest BCUT2D eigenvalue weighted by Crippen LogP contribution is -2.54. The van der Waals surface area contributed by atoms with Gasteiger partial charge in [-0.15, -0.1) is 0 Å². The van der Waals surface area contributed by atoms with Crippen molar-refractivity contribution in [1.29, 1.82) is 0 Å². The molecular formula is C14H18N2OS. The van der Waals surface area contributed by atoms with Gasteiger partial charge in [0.05, 0.1) is 10.5 Å². The average Bonchev–Trinajstić information content (AvgIpc) is 2.79. The van der Waals surface area contributed by atoms with E-state index < -0.39 is 5.54 Å². The number of hydrogen-bond acceptors (Lipinski definition) is 2. The largest absolute Gasteiger partial charge is 0.391 e. The molecule has 0 bridgehead atoms. The summed E-state index contributed by atoms with van der Waals surface area (Å²) in [5.74, 6) is -0.0807. The Bertz CT molecular complexity index is 478. The number of hydrogen-bond donors (Lipinski definition) is 2. The normalized spacial score (nSPS) is 17.4. The first kappa shape index (κ1) is 13.0. The second-order valence-electron chi connectivity index (χ2n) is 4.92. The molecule has 3 N–H and O–H groups in total. The molecule has 0 spiro atoms. The van der Waals surface area contributed by atoms with Crippen molar-refractivity contribution in [3.05, 3.63) is 35.4 Å². The van der Waals surface area contributed by atoms with E-state index in [9.17, 15) is 4.79 Å². The van der Waals surface area contributed by atoms with Crippen LogP contribution >= 0.6 is 12.2 Å². The van der Waals surface area contributed by atoms with Gasteiger partial charge in [0.25, 0.3) is 5.91 Å². The van der Waals surface area contributed by atoms with Gasteiger partial charge in [0, 0.05) is 5.56 Å². The molecule has 1 aliphatic carbocycles. The van der Waals surface area contributed by atoms with Crippen molar-refractivity contribution in [3.63, 3.8) is 0 Å². The smallest absolute Gasteiger partial charge is 0.252 e. The second kappa shape index (κ2) is 5.06. The summed E-state index contributed by atoms with van der Waals surface area (Å²) in [7, 11) is 0. The fraction of sp³-hybridized carbons (Fsp3) is 0.429. The number of carbonyl (C=O) groups is 1. The zero-order chi connectivity index (χ0) is 13.2. The lowest BCUT2D eigenvalue weighted by molar-refractivity contribution is 0.0924. The third kappa shape index (κ3) is 2.38. The van der Waals surface area contributed by atoms with Crippen LogP contribution in [0.5, 0.6) is 0 Å². The fourth-order valence-corrected chi connectivity index (χ4v) is 2.78. The number of carbonyl (C=O) groups excluding carboxylic acids is 1. The molecule has 0 saturated heterocycles. The van der Waals surface area contributed by atoms with E-state index in [1.807, 2.05) is 31.2 Å². The van der Waals surface area contributed by atoms with E-state index in [-0.39, 0.29) is 5.91 Å². The van der Waals surface area contributed by atoms with Crippen LogP contribution < -0.4 is 11.1 Å². The van der Waals surface area contributed by atoms with Crippen molar-refractivity contribution in [2.24, 2.45) is 5.73 Å². The number of aryl methyl sites for hydroxylation is 1. The molecular weight excluding hydrogens is 244 g/mol. The molecule has 0 unspecified atom stereocenters. The topological polar surface area (TPSA) is 55.1 Å². The minimum Gasteiger partial charge on any atom is -0.391 e. The molecule has 18 heavy (non-hydrogen) atoms. The summed E-state index contributed by atoms with van der Waals surface area (Å²) in [5, 5.41) is 3.04. The Kier molecular flexibility index (Phi) is 3.66. The average molecular weight is 262 g/mol. The van der Waals surface area contributed by atoms with E-state index in [1.165, 1.54) is 0 Å². The molecule has 2 rings (SSSR count). The van der Waals surface area contributed by atoms with Crippen LogP contribution in [0.15, 0.2) is 24.3 Å². The van der Waals surface area contributed by atoms with Gasteiger partial charge in [-0.25, -0.2) is 0 Å². The third-order valence-corrected chi connectivity index (χ3v) is 4.06. The first-order chi connectivity index (χ1) is 8.55. The zero-order valence-corrected chi connectivity index (χ0v) is 11.3. The van der Waals surface area contributed by atoms with Crippen LogP contribution in [-0.2, 0) is 0 Å². The Labute approximate surface area is 113 Å². The van der Waals surface area contributed by atoms with Crippen LogP contribution in [0, 0.1) is 6.92 Å². The van der Waals surface area contributed by atoms with E-state index in [4.69, 9.17) is 18.0 Å². The highest BCUT2D eigenvalue weighted by Crippen LogP contribution is 2.30. The molecule has 1 fully saturated rings. The van der Waals surface area contributed by atoms with Gasteiger partial charge in [0.2, 0.25) is 0 Å². The summed E-state index contributed by atoms with van der Waals surface area (Å²) in [6.07, 6.45) is 3.82. The van der Waals surface area contributed by atoms with Gasteiger partial charge in [0.1, 0.15) is 0 Å². The predicted molar refractivity (Wildman–Crippen MR) is 76.6 cm³/mol. The molecule has 3 nitrogen and oxygen atoms in total. The lowest BCUT2D eigenvalue weighted by Gasteiger charge is -2.29. The quantitative estimate of drug-likeness (QED) is 0.822. The number of rotatable bonds is 3. The van der Waals surface area contributed by atoms with E-state index in [2.05, 4.69) is 5.32 Å². The third-order valence-electron chi connectivity index (χ3n) is 3.67. The Morgan fingerprint density at radius 1 is 1.33 bits per heavy atom. The van der Waals surface area contributed by atoms with Gasteiger partial charge < -0.3 is 11.1 Å². The standard InChI is InChI=1S/C14H18N2OS/c1-10-6-2-3-7-11(10)12(17)16-14(13(15)18)8-4-5-9-14/h2-3,6-7H,4-5,8-9H2,1H3,(H2,15,18)(H,16,17). The van der Waals surface area contributed by atoms with Gasteiger partial charge in [0.15, 0.2) is 0 Å². The summed E-state index contributed by atoms with van der Waals surface area (Å²) < 4.78 is 0. The highest BCUT2D eigenvalue weighted by molar-refractivity contribution is 7.80. The van der Waals surface area contributed by atoms with Crippen LogP contribution in [-0.4, -0.2) is 16.4 Å². The maximum atomic E-state index is 12.3. The van der Waals surface area contributed by atoms with Crippen molar-refractivity contribution >= 4 is 23.1 Å². The van der Waals surface area contributed by atoms with Crippen LogP contribution in [0.4, 0.5) is 0 Å². The summed E-state index contributed by atoms with van der Waals surface area (Å²) in [4.78, 5) is 12.7. The first-order valence-electron chi connectivity index (χ1n) is 6.23. The van der Waals surface area contributed by atoms with Crippen molar-refractivity contribution in [2.45, 2.75) is 38.1 Å². The van der Waals surface area contributed by atoms with E-state index in [0.29, 0.717) is 10.6 Å². The number of nitrogens with one attached hydrogen (secondary N) is 1. The molecule has 0 atom stereocenters. The number of benzene rings is 1. The van der Waals surface area contributed by atoms with Crippen molar-refractivity contribution in [2.75, 3.05) is 0 Å². The maximum absolute atomic E-state index is 12.3. The van der Waals surface area contributed by atoms with Crippen LogP contribution in [0.1, 0.15) is 41.6 Å². The van der Waals surface area contributed by atoms with Gasteiger partial charge >= 0.3 is 0 Å². The molecule has 1 aromatic rings. The highest BCUT2D eigenvalue weighted by atomic mass is 32.1. The van der Waals surface area contributed by atoms with Crippen LogP contribution in [0.3, 0.4) is 0 Å². The van der Waals surface area contributed by atoms with E-state index in [1.54, 1.807) is 0 Å². The highest BCUT2D eigenvalue weighted by Gasteiger charge is 2.38. The molecule has 1 amide bonds. The molecule has 1 saturated carbocycles.